The fourth-order valence-electron chi connectivity index (χ4n) is 2.95. The van der Waals surface area contributed by atoms with E-state index in [0.717, 1.165) is 21.4 Å². The van der Waals surface area contributed by atoms with Gasteiger partial charge in [0, 0.05) is 26.5 Å². The number of aromatic nitrogens is 3. The molecular formula is C14H17ClF2N4O2S. The van der Waals surface area contributed by atoms with Gasteiger partial charge in [0.15, 0.2) is 0 Å². The summed E-state index contributed by atoms with van der Waals surface area (Å²) in [6.45, 7) is 2.80. The van der Waals surface area contributed by atoms with Crippen LogP contribution in [0.1, 0.15) is 29.2 Å². The van der Waals surface area contributed by atoms with Crippen molar-refractivity contribution in [3.05, 3.63) is 16.4 Å². The molecule has 10 heteroatoms. The number of carbonyl (C=O) groups is 1. The van der Waals surface area contributed by atoms with Crippen LogP contribution in [-0.2, 0) is 22.7 Å². The van der Waals surface area contributed by atoms with Gasteiger partial charge in [-0.2, -0.15) is 13.9 Å². The molecule has 1 amide bonds. The number of fused-ring (bicyclic) bond motifs is 1. The number of methoxy groups -OCH3 is 1. The molecule has 3 rings (SSSR count). The zero-order chi connectivity index (χ0) is 17.5. The maximum Gasteiger partial charge on any atom is 0.322 e. The van der Waals surface area contributed by atoms with Crippen molar-refractivity contribution in [2.45, 2.75) is 38.3 Å². The summed E-state index contributed by atoms with van der Waals surface area (Å²) in [4.78, 5) is 18.9. The third kappa shape index (κ3) is 3.68. The van der Waals surface area contributed by atoms with E-state index in [4.69, 9.17) is 16.3 Å². The van der Waals surface area contributed by atoms with Gasteiger partial charge >= 0.3 is 5.38 Å². The van der Waals surface area contributed by atoms with Crippen molar-refractivity contribution in [3.8, 4) is 0 Å². The Balaban J connectivity index is 1.77. The molecule has 0 aromatic carbocycles. The van der Waals surface area contributed by atoms with Crippen LogP contribution in [0.25, 0.3) is 4.96 Å². The number of halogens is 3. The highest BCUT2D eigenvalue weighted by molar-refractivity contribution is 7.16. The van der Waals surface area contributed by atoms with Gasteiger partial charge in [-0.3, -0.25) is 4.79 Å². The lowest BCUT2D eigenvalue weighted by Gasteiger charge is -2.17. The van der Waals surface area contributed by atoms with Crippen molar-refractivity contribution >= 4 is 33.8 Å². The molecule has 0 spiro atoms. The fourth-order valence-corrected chi connectivity index (χ4v) is 4.09. The average Bonchev–Trinajstić information content (AvgIpc) is 3.05. The molecule has 1 aliphatic rings. The second-order valence-corrected chi connectivity index (χ2v) is 7.52. The van der Waals surface area contributed by atoms with Gasteiger partial charge in [0.1, 0.15) is 5.01 Å². The van der Waals surface area contributed by atoms with E-state index >= 15 is 0 Å². The highest BCUT2D eigenvalue weighted by Crippen LogP contribution is 2.33. The number of likely N-dealkylation sites (tertiary alicyclic amines) is 1. The van der Waals surface area contributed by atoms with Crippen LogP contribution in [-0.4, -0.2) is 44.4 Å². The molecule has 2 aromatic rings. The molecule has 0 aliphatic carbocycles. The maximum atomic E-state index is 13.0. The Hall–Kier alpha value is -1.32. The largest absolute Gasteiger partial charge is 0.377 e. The highest BCUT2D eigenvalue weighted by atomic mass is 35.5. The number of hydrogen-bond donors (Lipinski definition) is 0. The molecule has 6 nitrogen and oxygen atoms in total. The van der Waals surface area contributed by atoms with Crippen molar-refractivity contribution in [3.63, 3.8) is 0 Å². The van der Waals surface area contributed by atoms with E-state index in [1.165, 1.54) is 11.3 Å². The lowest BCUT2D eigenvalue weighted by atomic mass is 10.1. The molecule has 1 atom stereocenters. The zero-order valence-electron chi connectivity index (χ0n) is 13.3. The van der Waals surface area contributed by atoms with E-state index in [0.29, 0.717) is 13.2 Å². The summed E-state index contributed by atoms with van der Waals surface area (Å²) in [5.41, 5.74) is 1.56. The lowest BCUT2D eigenvalue weighted by Crippen LogP contribution is -2.26. The van der Waals surface area contributed by atoms with Crippen molar-refractivity contribution < 1.29 is 18.3 Å². The van der Waals surface area contributed by atoms with E-state index < -0.39 is 17.7 Å². The second-order valence-electron chi connectivity index (χ2n) is 5.93. The number of hydrogen-bond acceptors (Lipinski definition) is 5. The molecule has 2 aromatic heterocycles. The summed E-state index contributed by atoms with van der Waals surface area (Å²) >= 11 is 6.41. The summed E-state index contributed by atoms with van der Waals surface area (Å²) in [6, 6.07) is 0. The summed E-state index contributed by atoms with van der Waals surface area (Å²) in [5, 5.41) is 1.95. The first-order valence-electron chi connectivity index (χ1n) is 7.44. The standard InChI is InChI=1S/C14H17ClF2N4O2S/c1-8-10(21-13(18-8)24-11(19-21)7-23-2)6-20-5-9(3-12(20)22)4-14(15,16)17/h9H,3-7H2,1-2H3. The molecule has 0 radical (unpaired) electrons. The Morgan fingerprint density at radius 1 is 1.50 bits per heavy atom. The van der Waals surface area contributed by atoms with Gasteiger partial charge in [-0.15, -0.1) is 0 Å². The van der Waals surface area contributed by atoms with Crippen molar-refractivity contribution in [2.24, 2.45) is 5.92 Å². The van der Waals surface area contributed by atoms with Crippen LogP contribution in [0.2, 0.25) is 0 Å². The average molecular weight is 379 g/mol. The number of aryl methyl sites for hydroxylation is 1. The van der Waals surface area contributed by atoms with Crippen LogP contribution in [0, 0.1) is 12.8 Å². The smallest absolute Gasteiger partial charge is 0.322 e. The molecule has 3 heterocycles. The van der Waals surface area contributed by atoms with Crippen molar-refractivity contribution in [2.75, 3.05) is 13.7 Å². The molecule has 1 saturated heterocycles. The van der Waals surface area contributed by atoms with Crippen LogP contribution in [0.3, 0.4) is 0 Å². The minimum atomic E-state index is -3.27. The monoisotopic (exact) mass is 378 g/mol. The van der Waals surface area contributed by atoms with Crippen molar-refractivity contribution in [1.29, 1.82) is 0 Å². The Morgan fingerprint density at radius 2 is 2.25 bits per heavy atom. The van der Waals surface area contributed by atoms with Crippen molar-refractivity contribution in [1.82, 2.24) is 19.5 Å². The first-order chi connectivity index (χ1) is 11.3. The number of ether oxygens (including phenoxy) is 1. The van der Waals surface area contributed by atoms with E-state index in [1.54, 1.807) is 16.5 Å². The number of nitrogens with zero attached hydrogens (tertiary/aromatic N) is 4. The van der Waals surface area contributed by atoms with Gasteiger partial charge in [0.05, 0.1) is 24.5 Å². The fraction of sp³-hybridized carbons (Fsp3) is 0.643. The third-order valence-corrected chi connectivity index (χ3v) is 5.00. The number of rotatable bonds is 6. The summed E-state index contributed by atoms with van der Waals surface area (Å²) in [6.07, 6.45) is -0.401. The van der Waals surface area contributed by atoms with Crippen LogP contribution in [0.5, 0.6) is 0 Å². The molecule has 1 aliphatic heterocycles. The molecule has 0 saturated carbocycles. The van der Waals surface area contributed by atoms with Gasteiger partial charge in [0.2, 0.25) is 10.9 Å². The van der Waals surface area contributed by atoms with Gasteiger partial charge in [-0.1, -0.05) is 11.3 Å². The van der Waals surface area contributed by atoms with Crippen LogP contribution < -0.4 is 0 Å². The lowest BCUT2D eigenvalue weighted by molar-refractivity contribution is -0.128. The molecule has 0 bridgehead atoms. The second kappa shape index (κ2) is 6.53. The minimum Gasteiger partial charge on any atom is -0.377 e. The maximum absolute atomic E-state index is 13.0. The summed E-state index contributed by atoms with van der Waals surface area (Å²) < 4.78 is 32.7. The Morgan fingerprint density at radius 3 is 2.92 bits per heavy atom. The highest BCUT2D eigenvalue weighted by Gasteiger charge is 2.37. The molecule has 0 N–H and O–H groups in total. The predicted molar refractivity (Wildman–Crippen MR) is 85.3 cm³/mol. The van der Waals surface area contributed by atoms with Gasteiger partial charge in [-0.25, -0.2) is 9.50 Å². The summed E-state index contributed by atoms with van der Waals surface area (Å²) in [5.74, 6) is -0.587. The number of amides is 1. The van der Waals surface area contributed by atoms with Gasteiger partial charge in [-0.05, 0) is 24.4 Å². The van der Waals surface area contributed by atoms with Crippen LogP contribution >= 0.6 is 22.9 Å². The van der Waals surface area contributed by atoms with E-state index in [1.807, 2.05) is 6.92 Å². The number of carbonyl (C=O) groups excluding carboxylic acids is 1. The molecular weight excluding hydrogens is 362 g/mol. The zero-order valence-corrected chi connectivity index (χ0v) is 14.8. The third-order valence-electron chi connectivity index (χ3n) is 3.96. The Kier molecular flexibility index (Phi) is 4.76. The molecule has 132 valence electrons. The summed E-state index contributed by atoms with van der Waals surface area (Å²) in [7, 11) is 1.59. The normalized spacial score (nSPS) is 19.0. The Bertz CT molecular complexity index is 758. The van der Waals surface area contributed by atoms with E-state index in [9.17, 15) is 13.6 Å². The number of imidazole rings is 1. The van der Waals surface area contributed by atoms with E-state index in [-0.39, 0.29) is 18.9 Å². The van der Waals surface area contributed by atoms with Gasteiger partial charge in [0.25, 0.3) is 0 Å². The van der Waals surface area contributed by atoms with E-state index in [2.05, 4.69) is 10.1 Å². The molecule has 1 unspecified atom stereocenters. The Labute approximate surface area is 146 Å². The van der Waals surface area contributed by atoms with Gasteiger partial charge < -0.3 is 9.64 Å². The first-order valence-corrected chi connectivity index (χ1v) is 8.63. The minimum absolute atomic E-state index is 0.0926. The topological polar surface area (TPSA) is 59.7 Å². The predicted octanol–water partition coefficient (Wildman–Crippen LogP) is 2.82. The SMILES string of the molecule is COCc1nn2c(CN3CC(CC(F)(F)Cl)CC3=O)c(C)nc2s1. The van der Waals surface area contributed by atoms with Crippen LogP contribution in [0.15, 0.2) is 0 Å². The first kappa shape index (κ1) is 17.5. The molecule has 1 fully saturated rings. The number of alkyl halides is 3. The molecule has 24 heavy (non-hydrogen) atoms. The quantitative estimate of drug-likeness (QED) is 0.725. The van der Waals surface area contributed by atoms with Crippen LogP contribution in [0.4, 0.5) is 8.78 Å².